The molecule has 3 rings (SSSR count). The summed E-state index contributed by atoms with van der Waals surface area (Å²) < 4.78 is 5.80. The van der Waals surface area contributed by atoms with Crippen molar-refractivity contribution < 1.29 is 9.52 Å². The Labute approximate surface area is 94.1 Å². The van der Waals surface area contributed by atoms with Crippen LogP contribution in [0.25, 0.3) is 11.0 Å². The number of aliphatic hydroxyl groups excluding tert-OH is 1. The minimum atomic E-state index is 0.205. The summed E-state index contributed by atoms with van der Waals surface area (Å²) in [4.78, 5) is 0. The summed E-state index contributed by atoms with van der Waals surface area (Å²) in [5, 5.41) is 13.6. The van der Waals surface area contributed by atoms with Gasteiger partial charge in [-0.25, -0.2) is 0 Å². The summed E-state index contributed by atoms with van der Waals surface area (Å²) >= 11 is 0. The van der Waals surface area contributed by atoms with Crippen molar-refractivity contribution in [2.24, 2.45) is 0 Å². The number of furan rings is 1. The van der Waals surface area contributed by atoms with Crippen LogP contribution in [0.15, 0.2) is 34.7 Å². The molecule has 0 bridgehead atoms. The van der Waals surface area contributed by atoms with Gasteiger partial charge in [0.15, 0.2) is 0 Å². The number of nitrogens with one attached hydrogen (secondary N) is 1. The van der Waals surface area contributed by atoms with E-state index < -0.39 is 0 Å². The Kier molecular flexibility index (Phi) is 2.42. The molecule has 3 heteroatoms. The van der Waals surface area contributed by atoms with E-state index in [-0.39, 0.29) is 18.7 Å². The summed E-state index contributed by atoms with van der Waals surface area (Å²) in [5.41, 5.74) is 0.937. The third kappa shape index (κ3) is 1.62. The van der Waals surface area contributed by atoms with E-state index in [0.29, 0.717) is 0 Å². The number of aliphatic hydroxyl groups is 1. The molecular formula is C13H15NO2. The largest absolute Gasteiger partial charge is 0.459 e. The van der Waals surface area contributed by atoms with Crippen LogP contribution in [-0.4, -0.2) is 17.8 Å². The fourth-order valence-corrected chi connectivity index (χ4v) is 2.36. The zero-order chi connectivity index (χ0) is 11.0. The standard InChI is InChI=1S/C13H15NO2/c15-8-10-5-6-11(14-10)13-7-9-3-1-2-4-12(9)16-13/h1-4,7,10-11,14-15H,5-6,8H2/t10-,11+/m0/s1. The third-order valence-corrected chi connectivity index (χ3v) is 3.25. The highest BCUT2D eigenvalue weighted by Gasteiger charge is 2.26. The molecule has 0 aliphatic carbocycles. The van der Waals surface area contributed by atoms with Gasteiger partial charge in [-0.15, -0.1) is 0 Å². The third-order valence-electron chi connectivity index (χ3n) is 3.25. The number of fused-ring (bicyclic) bond motifs is 1. The average Bonchev–Trinajstić information content (AvgIpc) is 2.95. The van der Waals surface area contributed by atoms with Gasteiger partial charge in [0.2, 0.25) is 0 Å². The van der Waals surface area contributed by atoms with Crippen molar-refractivity contribution in [3.8, 4) is 0 Å². The van der Waals surface area contributed by atoms with Crippen LogP contribution in [0.4, 0.5) is 0 Å². The Balaban J connectivity index is 1.89. The van der Waals surface area contributed by atoms with E-state index >= 15 is 0 Å². The molecule has 1 aliphatic heterocycles. The number of hydrogen-bond acceptors (Lipinski definition) is 3. The molecule has 2 N–H and O–H groups in total. The lowest BCUT2D eigenvalue weighted by atomic mass is 10.1. The van der Waals surface area contributed by atoms with Gasteiger partial charge >= 0.3 is 0 Å². The van der Waals surface area contributed by atoms with E-state index in [0.717, 1.165) is 29.6 Å². The molecular weight excluding hydrogens is 202 g/mol. The number of benzene rings is 1. The molecule has 0 saturated carbocycles. The first kappa shape index (κ1) is 9.87. The van der Waals surface area contributed by atoms with Crippen LogP contribution in [0, 0.1) is 0 Å². The van der Waals surface area contributed by atoms with Crippen molar-refractivity contribution in [1.29, 1.82) is 0 Å². The molecule has 1 fully saturated rings. The van der Waals surface area contributed by atoms with Gasteiger partial charge in [0.05, 0.1) is 12.6 Å². The zero-order valence-electron chi connectivity index (χ0n) is 9.02. The summed E-state index contributed by atoms with van der Waals surface area (Å²) in [6, 6.07) is 10.6. The molecule has 0 unspecified atom stereocenters. The van der Waals surface area contributed by atoms with Crippen molar-refractivity contribution >= 4 is 11.0 Å². The second kappa shape index (κ2) is 3.92. The van der Waals surface area contributed by atoms with E-state index in [1.54, 1.807) is 0 Å². The molecule has 1 aliphatic rings. The van der Waals surface area contributed by atoms with Crippen molar-refractivity contribution in [2.45, 2.75) is 24.9 Å². The molecule has 0 amide bonds. The van der Waals surface area contributed by atoms with Gasteiger partial charge in [-0.1, -0.05) is 18.2 Å². The van der Waals surface area contributed by atoms with Crippen molar-refractivity contribution in [3.05, 3.63) is 36.1 Å². The first-order valence-electron chi connectivity index (χ1n) is 5.72. The molecule has 0 spiro atoms. The summed E-state index contributed by atoms with van der Waals surface area (Å²) in [6.07, 6.45) is 2.04. The fraction of sp³-hybridized carbons (Fsp3) is 0.385. The first-order valence-corrected chi connectivity index (χ1v) is 5.72. The van der Waals surface area contributed by atoms with Gasteiger partial charge in [-0.3, -0.25) is 0 Å². The quantitative estimate of drug-likeness (QED) is 0.810. The molecule has 84 valence electrons. The molecule has 3 nitrogen and oxygen atoms in total. The Morgan fingerprint density at radius 3 is 2.94 bits per heavy atom. The van der Waals surface area contributed by atoms with Gasteiger partial charge in [-0.2, -0.15) is 0 Å². The minimum Gasteiger partial charge on any atom is -0.459 e. The van der Waals surface area contributed by atoms with Crippen molar-refractivity contribution in [1.82, 2.24) is 5.32 Å². The van der Waals surface area contributed by atoms with Gasteiger partial charge in [-0.05, 0) is 25.0 Å². The second-order valence-corrected chi connectivity index (χ2v) is 4.36. The topological polar surface area (TPSA) is 45.4 Å². The monoisotopic (exact) mass is 217 g/mol. The van der Waals surface area contributed by atoms with Gasteiger partial charge in [0.1, 0.15) is 11.3 Å². The van der Waals surface area contributed by atoms with Gasteiger partial charge < -0.3 is 14.8 Å². The van der Waals surface area contributed by atoms with E-state index in [1.807, 2.05) is 18.2 Å². The number of rotatable bonds is 2. The molecule has 2 heterocycles. The maximum Gasteiger partial charge on any atom is 0.134 e. The predicted molar refractivity (Wildman–Crippen MR) is 62.2 cm³/mol. The van der Waals surface area contributed by atoms with Gasteiger partial charge in [0, 0.05) is 11.4 Å². The highest BCUT2D eigenvalue weighted by Crippen LogP contribution is 2.30. The SMILES string of the molecule is OC[C@@H]1CC[C@H](c2cc3ccccc3o2)N1. The molecule has 2 atom stereocenters. The smallest absolute Gasteiger partial charge is 0.134 e. The van der Waals surface area contributed by atoms with Crippen LogP contribution in [0.5, 0.6) is 0 Å². The number of para-hydroxylation sites is 1. The van der Waals surface area contributed by atoms with Crippen LogP contribution in [0.2, 0.25) is 0 Å². The van der Waals surface area contributed by atoms with E-state index in [4.69, 9.17) is 9.52 Å². The highest BCUT2D eigenvalue weighted by molar-refractivity contribution is 5.77. The lowest BCUT2D eigenvalue weighted by Gasteiger charge is -2.09. The fourth-order valence-electron chi connectivity index (χ4n) is 2.36. The molecule has 2 aromatic rings. The first-order chi connectivity index (χ1) is 7.86. The molecule has 1 aromatic carbocycles. The highest BCUT2D eigenvalue weighted by atomic mass is 16.3. The van der Waals surface area contributed by atoms with E-state index in [9.17, 15) is 0 Å². The molecule has 1 aromatic heterocycles. The number of hydrogen-bond donors (Lipinski definition) is 2. The van der Waals surface area contributed by atoms with E-state index in [1.165, 1.54) is 0 Å². The molecule has 16 heavy (non-hydrogen) atoms. The van der Waals surface area contributed by atoms with E-state index in [2.05, 4.69) is 17.4 Å². The lowest BCUT2D eigenvalue weighted by Crippen LogP contribution is -2.27. The average molecular weight is 217 g/mol. The van der Waals surface area contributed by atoms with Gasteiger partial charge in [0.25, 0.3) is 0 Å². The Hall–Kier alpha value is -1.32. The summed E-state index contributed by atoms with van der Waals surface area (Å²) in [6.45, 7) is 0.205. The Morgan fingerprint density at radius 1 is 1.31 bits per heavy atom. The molecule has 1 saturated heterocycles. The Bertz CT molecular complexity index is 458. The predicted octanol–water partition coefficient (Wildman–Crippen LogP) is 2.22. The summed E-state index contributed by atoms with van der Waals surface area (Å²) in [7, 11) is 0. The van der Waals surface area contributed by atoms with Crippen LogP contribution >= 0.6 is 0 Å². The van der Waals surface area contributed by atoms with Crippen LogP contribution < -0.4 is 5.32 Å². The van der Waals surface area contributed by atoms with Crippen LogP contribution in [0.1, 0.15) is 24.6 Å². The van der Waals surface area contributed by atoms with Crippen LogP contribution in [0.3, 0.4) is 0 Å². The maximum atomic E-state index is 9.08. The van der Waals surface area contributed by atoms with Crippen LogP contribution in [-0.2, 0) is 0 Å². The Morgan fingerprint density at radius 2 is 2.19 bits per heavy atom. The molecule has 0 radical (unpaired) electrons. The van der Waals surface area contributed by atoms with Crippen molar-refractivity contribution in [2.75, 3.05) is 6.61 Å². The maximum absolute atomic E-state index is 9.08. The second-order valence-electron chi connectivity index (χ2n) is 4.36. The zero-order valence-corrected chi connectivity index (χ0v) is 9.02. The lowest BCUT2D eigenvalue weighted by molar-refractivity contribution is 0.250. The van der Waals surface area contributed by atoms with Crippen molar-refractivity contribution in [3.63, 3.8) is 0 Å². The normalized spacial score (nSPS) is 25.3. The minimum absolute atomic E-state index is 0.205. The summed E-state index contributed by atoms with van der Waals surface area (Å²) in [5.74, 6) is 0.983.